The predicted octanol–water partition coefficient (Wildman–Crippen LogP) is 2.17. The third-order valence-corrected chi connectivity index (χ3v) is 4.71. The average Bonchev–Trinajstić information content (AvgIpc) is 2.30. The van der Waals surface area contributed by atoms with E-state index >= 15 is 0 Å². The highest BCUT2D eigenvalue weighted by Crippen LogP contribution is 2.38. The largest absolute Gasteiger partial charge is 0.329 e. The molecule has 0 bridgehead atoms. The molecule has 3 N–H and O–H groups in total. The summed E-state index contributed by atoms with van der Waals surface area (Å²) in [5.74, 6) is 0. The van der Waals surface area contributed by atoms with Crippen molar-refractivity contribution >= 4 is 11.8 Å². The van der Waals surface area contributed by atoms with Crippen LogP contribution < -0.4 is 11.1 Å². The Hall–Kier alpha value is -0.510. The number of hydrogen-bond acceptors (Lipinski definition) is 3. The Labute approximate surface area is 102 Å². The molecule has 1 aromatic carbocycles. The van der Waals surface area contributed by atoms with Crippen LogP contribution in [-0.4, -0.2) is 24.4 Å². The van der Waals surface area contributed by atoms with Crippen LogP contribution in [-0.2, 0) is 0 Å². The maximum absolute atomic E-state index is 5.98. The van der Waals surface area contributed by atoms with E-state index in [2.05, 4.69) is 36.5 Å². The van der Waals surface area contributed by atoms with Crippen molar-refractivity contribution in [3.05, 3.63) is 29.8 Å². The van der Waals surface area contributed by atoms with Gasteiger partial charge in [0.25, 0.3) is 0 Å². The number of aryl methyl sites for hydroxylation is 1. The molecule has 1 heterocycles. The summed E-state index contributed by atoms with van der Waals surface area (Å²) in [7, 11) is 0. The molecule has 0 aliphatic carbocycles. The number of nitrogens with two attached hydrogens (primary N) is 1. The lowest BCUT2D eigenvalue weighted by atomic mass is 9.97. The monoisotopic (exact) mass is 236 g/mol. The molecule has 2 rings (SSSR count). The number of piperidine rings is 1. The van der Waals surface area contributed by atoms with Crippen molar-refractivity contribution in [3.63, 3.8) is 0 Å². The van der Waals surface area contributed by atoms with Gasteiger partial charge < -0.3 is 11.1 Å². The highest BCUT2D eigenvalue weighted by atomic mass is 32.2. The van der Waals surface area contributed by atoms with E-state index in [-0.39, 0.29) is 4.75 Å². The van der Waals surface area contributed by atoms with Crippen LogP contribution in [0.5, 0.6) is 0 Å². The van der Waals surface area contributed by atoms with E-state index in [1.807, 2.05) is 11.8 Å². The summed E-state index contributed by atoms with van der Waals surface area (Å²) in [5.41, 5.74) is 7.30. The minimum Gasteiger partial charge on any atom is -0.329 e. The van der Waals surface area contributed by atoms with Gasteiger partial charge >= 0.3 is 0 Å². The topological polar surface area (TPSA) is 38.0 Å². The van der Waals surface area contributed by atoms with E-state index in [1.54, 1.807) is 0 Å². The number of thioether (sulfide) groups is 1. The van der Waals surface area contributed by atoms with Crippen molar-refractivity contribution in [2.75, 3.05) is 19.6 Å². The van der Waals surface area contributed by atoms with Crippen molar-refractivity contribution in [1.82, 2.24) is 5.32 Å². The molecule has 3 heteroatoms. The van der Waals surface area contributed by atoms with Crippen molar-refractivity contribution < 1.29 is 0 Å². The lowest BCUT2D eigenvalue weighted by Crippen LogP contribution is -2.44. The van der Waals surface area contributed by atoms with Crippen LogP contribution in [0.4, 0.5) is 0 Å². The van der Waals surface area contributed by atoms with Gasteiger partial charge in [-0.1, -0.05) is 17.7 Å². The predicted molar refractivity (Wildman–Crippen MR) is 70.9 cm³/mol. The zero-order valence-electron chi connectivity index (χ0n) is 9.83. The van der Waals surface area contributed by atoms with Crippen molar-refractivity contribution in [1.29, 1.82) is 0 Å². The summed E-state index contributed by atoms with van der Waals surface area (Å²) in [5, 5.41) is 3.40. The Morgan fingerprint density at radius 3 is 2.75 bits per heavy atom. The number of rotatable bonds is 3. The van der Waals surface area contributed by atoms with Gasteiger partial charge in [0.05, 0.1) is 0 Å². The van der Waals surface area contributed by atoms with Gasteiger partial charge in [0, 0.05) is 16.2 Å². The van der Waals surface area contributed by atoms with Crippen LogP contribution in [0.25, 0.3) is 0 Å². The number of nitrogens with one attached hydrogen (secondary N) is 1. The Bertz CT molecular complexity index is 346. The minimum absolute atomic E-state index is 0.249. The molecule has 2 nitrogen and oxygen atoms in total. The normalized spacial score (nSPS) is 19.6. The lowest BCUT2D eigenvalue weighted by Gasteiger charge is -2.36. The van der Waals surface area contributed by atoms with Gasteiger partial charge in [-0.05, 0) is 45.0 Å². The van der Waals surface area contributed by atoms with Crippen molar-refractivity contribution in [2.45, 2.75) is 29.4 Å². The zero-order valence-corrected chi connectivity index (χ0v) is 10.6. The first-order valence-corrected chi connectivity index (χ1v) is 6.72. The molecule has 1 aromatic rings. The van der Waals surface area contributed by atoms with Gasteiger partial charge in [0.1, 0.15) is 0 Å². The lowest BCUT2D eigenvalue weighted by molar-refractivity contribution is 0.420. The molecule has 88 valence electrons. The highest BCUT2D eigenvalue weighted by molar-refractivity contribution is 8.00. The number of hydrogen-bond donors (Lipinski definition) is 2. The molecule has 1 aliphatic rings. The molecule has 1 aliphatic heterocycles. The third-order valence-electron chi connectivity index (χ3n) is 3.21. The van der Waals surface area contributed by atoms with E-state index in [0.29, 0.717) is 0 Å². The van der Waals surface area contributed by atoms with E-state index in [4.69, 9.17) is 5.73 Å². The summed E-state index contributed by atoms with van der Waals surface area (Å²) in [6.45, 7) is 5.10. The second-order valence-corrected chi connectivity index (χ2v) is 6.10. The van der Waals surface area contributed by atoms with E-state index in [9.17, 15) is 0 Å². The molecule has 1 fully saturated rings. The molecule has 0 saturated carbocycles. The summed E-state index contributed by atoms with van der Waals surface area (Å²) in [4.78, 5) is 1.35. The van der Waals surface area contributed by atoms with Crippen LogP contribution in [0.2, 0.25) is 0 Å². The van der Waals surface area contributed by atoms with Gasteiger partial charge in [-0.2, -0.15) is 0 Å². The summed E-state index contributed by atoms with van der Waals surface area (Å²) in [6.07, 6.45) is 2.34. The molecule has 0 radical (unpaired) electrons. The van der Waals surface area contributed by atoms with Crippen LogP contribution in [0.3, 0.4) is 0 Å². The van der Waals surface area contributed by atoms with Gasteiger partial charge in [-0.15, -0.1) is 11.8 Å². The van der Waals surface area contributed by atoms with Gasteiger partial charge in [0.2, 0.25) is 0 Å². The molecular weight excluding hydrogens is 216 g/mol. The molecule has 16 heavy (non-hydrogen) atoms. The average molecular weight is 236 g/mol. The van der Waals surface area contributed by atoms with E-state index < -0.39 is 0 Å². The Morgan fingerprint density at radius 1 is 1.38 bits per heavy atom. The molecule has 0 amide bonds. The molecule has 0 spiro atoms. The third kappa shape index (κ3) is 2.78. The fraction of sp³-hybridized carbons (Fsp3) is 0.538. The summed E-state index contributed by atoms with van der Waals surface area (Å²) >= 11 is 1.96. The van der Waals surface area contributed by atoms with Crippen LogP contribution in [0.15, 0.2) is 29.2 Å². The molecule has 0 unspecified atom stereocenters. The Balaban J connectivity index is 2.11. The second kappa shape index (κ2) is 5.21. The summed E-state index contributed by atoms with van der Waals surface area (Å²) in [6, 6.07) is 8.71. The van der Waals surface area contributed by atoms with Crippen LogP contribution in [0, 0.1) is 6.92 Å². The molecule has 0 atom stereocenters. The maximum atomic E-state index is 5.98. The van der Waals surface area contributed by atoms with Crippen LogP contribution >= 0.6 is 11.8 Å². The first-order chi connectivity index (χ1) is 7.74. The summed E-state index contributed by atoms with van der Waals surface area (Å²) < 4.78 is 0.249. The minimum atomic E-state index is 0.249. The molecule has 0 aromatic heterocycles. The van der Waals surface area contributed by atoms with Crippen LogP contribution in [0.1, 0.15) is 18.4 Å². The first-order valence-electron chi connectivity index (χ1n) is 5.91. The first kappa shape index (κ1) is 12.0. The van der Waals surface area contributed by atoms with Gasteiger partial charge in [0.15, 0.2) is 0 Å². The number of benzene rings is 1. The van der Waals surface area contributed by atoms with Gasteiger partial charge in [-0.3, -0.25) is 0 Å². The SMILES string of the molecule is Cc1cccc(SC2(CN)CCNCC2)c1. The molecular formula is C13H20N2S. The van der Waals surface area contributed by atoms with E-state index in [1.165, 1.54) is 23.3 Å². The second-order valence-electron chi connectivity index (χ2n) is 4.56. The molecule has 1 saturated heterocycles. The Kier molecular flexibility index (Phi) is 3.90. The fourth-order valence-electron chi connectivity index (χ4n) is 2.16. The van der Waals surface area contributed by atoms with Crippen molar-refractivity contribution in [3.8, 4) is 0 Å². The standard InChI is InChI=1S/C13H20N2S/c1-11-3-2-4-12(9-11)16-13(10-14)5-7-15-8-6-13/h2-4,9,15H,5-8,10,14H2,1H3. The Morgan fingerprint density at radius 2 is 2.12 bits per heavy atom. The quantitative estimate of drug-likeness (QED) is 0.844. The smallest absolute Gasteiger partial charge is 0.0353 e. The van der Waals surface area contributed by atoms with Gasteiger partial charge in [-0.25, -0.2) is 0 Å². The fourth-order valence-corrected chi connectivity index (χ4v) is 3.54. The maximum Gasteiger partial charge on any atom is 0.0353 e. The van der Waals surface area contributed by atoms with E-state index in [0.717, 1.165) is 19.6 Å². The highest BCUT2D eigenvalue weighted by Gasteiger charge is 2.31. The zero-order chi connectivity index (χ0) is 11.4. The van der Waals surface area contributed by atoms with Crippen molar-refractivity contribution in [2.24, 2.45) is 5.73 Å².